The number of nitrogens with two attached hydrogens (primary N) is 4. The van der Waals surface area contributed by atoms with Gasteiger partial charge < -0.3 is 102 Å². The lowest BCUT2D eigenvalue weighted by Crippen LogP contribution is -2.63. The Kier molecular flexibility index (Phi) is 36.8. The average molecular weight is 1250 g/mol. The molecule has 0 spiro atoms. The fraction of sp³-hybridized carbons (Fsp3) is 0.731. The van der Waals surface area contributed by atoms with Crippen molar-refractivity contribution in [2.75, 3.05) is 31.7 Å². The molecule has 0 aromatic heterocycles. The van der Waals surface area contributed by atoms with Crippen LogP contribution in [-0.2, 0) is 67.1 Å². The van der Waals surface area contributed by atoms with Gasteiger partial charge in [0.25, 0.3) is 0 Å². The van der Waals surface area contributed by atoms with Crippen molar-refractivity contribution in [3.63, 3.8) is 0 Å². The third-order valence-electron chi connectivity index (χ3n) is 13.2. The Balaban J connectivity index is 6.23. The number of amides is 13. The minimum atomic E-state index is -1.88. The van der Waals surface area contributed by atoms with Gasteiger partial charge in [0.2, 0.25) is 76.8 Å². The number of thioether (sulfide) groups is 1. The lowest BCUT2D eigenvalue weighted by Gasteiger charge is -2.30. The molecule has 0 bridgehead atoms. The second-order valence-corrected chi connectivity index (χ2v) is 22.5. The van der Waals surface area contributed by atoms with Crippen molar-refractivity contribution in [1.82, 2.24) is 58.5 Å². The van der Waals surface area contributed by atoms with Crippen LogP contribution in [0.4, 0.5) is 0 Å². The predicted octanol–water partition coefficient (Wildman–Crippen LogP) is -7.48. The van der Waals surface area contributed by atoms with E-state index in [0.29, 0.717) is 12.8 Å². The maximum atomic E-state index is 14.0. The fourth-order valence-corrected chi connectivity index (χ4v) is 8.29. The predicted molar refractivity (Wildman–Crippen MR) is 311 cm³/mol. The number of carbonyl (C=O) groups excluding carboxylic acids is 13. The molecule has 490 valence electrons. The van der Waals surface area contributed by atoms with Crippen molar-refractivity contribution < 1.29 is 87.5 Å². The normalized spacial score (nSPS) is 16.1. The van der Waals surface area contributed by atoms with Gasteiger partial charge in [0.1, 0.15) is 60.4 Å². The number of carboxylic acids is 1. The van der Waals surface area contributed by atoms with Crippen molar-refractivity contribution in [3.05, 3.63) is 0 Å². The summed E-state index contributed by atoms with van der Waals surface area (Å²) in [5, 5.41) is 66.6. The average Bonchev–Trinajstić information content (AvgIpc) is 3.18. The second-order valence-electron chi connectivity index (χ2n) is 21.5. The summed E-state index contributed by atoms with van der Waals surface area (Å²) in [5.74, 6) is -15.7. The van der Waals surface area contributed by atoms with Crippen molar-refractivity contribution in [2.45, 2.75) is 192 Å². The first kappa shape index (κ1) is 78.7. The molecule has 34 heteroatoms. The first-order valence-corrected chi connectivity index (χ1v) is 29.5. The fourth-order valence-electron chi connectivity index (χ4n) is 7.82. The van der Waals surface area contributed by atoms with Crippen LogP contribution in [0.15, 0.2) is 0 Å². The lowest BCUT2D eigenvalue weighted by atomic mass is 9.97. The molecule has 0 radical (unpaired) electrons. The molecule has 0 saturated carbocycles. The van der Waals surface area contributed by atoms with Crippen LogP contribution in [0.3, 0.4) is 0 Å². The second kappa shape index (κ2) is 40.2. The van der Waals surface area contributed by atoms with Crippen molar-refractivity contribution in [2.24, 2.45) is 40.7 Å². The molecular weight excluding hydrogens is 1150 g/mol. The van der Waals surface area contributed by atoms with Gasteiger partial charge in [-0.1, -0.05) is 48.0 Å². The highest BCUT2D eigenvalue weighted by molar-refractivity contribution is 7.98. The van der Waals surface area contributed by atoms with E-state index in [2.05, 4.69) is 58.5 Å². The monoisotopic (exact) mass is 1250 g/mol. The third-order valence-corrected chi connectivity index (χ3v) is 13.8. The first-order valence-electron chi connectivity index (χ1n) is 28.1. The molecule has 33 nitrogen and oxygen atoms in total. The number of hydrogen-bond donors (Lipinski definition) is 19. The van der Waals surface area contributed by atoms with Crippen LogP contribution in [0.1, 0.15) is 114 Å². The van der Waals surface area contributed by atoms with Crippen LogP contribution in [0.2, 0.25) is 0 Å². The number of carbonyl (C=O) groups is 14. The molecule has 0 aliphatic heterocycles. The van der Waals surface area contributed by atoms with E-state index >= 15 is 0 Å². The summed E-state index contributed by atoms with van der Waals surface area (Å²) in [6.07, 6.45) is -2.18. The SMILES string of the molecule is CC[C@H](C)[C@H](NC(=O)[C@H](CCSC)NC(=O)[C@@H](NC(=O)[C@H](C)NC(=O)CNC(=O)[C@H](CC(C)C)NC(=O)[C@H](CC(=O)O)NC(=O)[C@@H](N)C(C)C)[C@@H](C)O)C(=O)N[C@H](C(=O)N[C@@H](CO)C(=O)N[C@@H](CC(N)=O)C(=O)N[C@@H](CCCCN)C(N)=O)[C@@H](C)O. The van der Waals surface area contributed by atoms with Crippen LogP contribution in [0.25, 0.3) is 0 Å². The molecule has 0 aromatic carbocycles. The number of rotatable bonds is 42. The zero-order valence-corrected chi connectivity index (χ0v) is 51.3. The zero-order chi connectivity index (χ0) is 66.3. The van der Waals surface area contributed by atoms with Crippen LogP contribution in [0, 0.1) is 17.8 Å². The van der Waals surface area contributed by atoms with Gasteiger partial charge in [-0.25, -0.2) is 0 Å². The molecule has 0 saturated heterocycles. The summed E-state index contributed by atoms with van der Waals surface area (Å²) in [6, 6.07) is -16.8. The van der Waals surface area contributed by atoms with Crippen molar-refractivity contribution in [1.29, 1.82) is 0 Å². The van der Waals surface area contributed by atoms with Crippen LogP contribution in [-0.4, -0.2) is 214 Å². The highest BCUT2D eigenvalue weighted by atomic mass is 32.2. The molecule has 0 unspecified atom stereocenters. The molecule has 14 atom stereocenters. The Morgan fingerprint density at radius 2 is 0.965 bits per heavy atom. The summed E-state index contributed by atoms with van der Waals surface area (Å²) in [5.41, 5.74) is 22.1. The Labute approximate surface area is 503 Å². The van der Waals surface area contributed by atoms with E-state index in [1.807, 2.05) is 0 Å². The highest BCUT2D eigenvalue weighted by Crippen LogP contribution is 2.13. The molecule has 0 rings (SSSR count). The summed E-state index contributed by atoms with van der Waals surface area (Å²) < 4.78 is 0. The molecule has 0 fully saturated rings. The third kappa shape index (κ3) is 29.2. The number of unbranched alkanes of at least 4 members (excludes halogenated alkanes) is 1. The number of aliphatic hydroxyl groups is 3. The largest absolute Gasteiger partial charge is 0.481 e. The van der Waals surface area contributed by atoms with Crippen molar-refractivity contribution >= 4 is 94.5 Å². The Bertz CT molecular complexity index is 2330. The number of primary amides is 2. The minimum Gasteiger partial charge on any atom is -0.481 e. The molecule has 0 aromatic rings. The van der Waals surface area contributed by atoms with E-state index in [0.717, 1.165) is 13.8 Å². The van der Waals surface area contributed by atoms with E-state index in [1.165, 1.54) is 18.7 Å². The van der Waals surface area contributed by atoms with E-state index in [9.17, 15) is 87.5 Å². The van der Waals surface area contributed by atoms with Gasteiger partial charge in [-0.3, -0.25) is 67.1 Å². The Morgan fingerprint density at radius 1 is 0.512 bits per heavy atom. The molecule has 0 aliphatic rings. The Morgan fingerprint density at radius 3 is 1.43 bits per heavy atom. The number of aliphatic hydroxyl groups excluding tert-OH is 3. The summed E-state index contributed by atoms with van der Waals surface area (Å²) in [6.45, 7) is 11.8. The lowest BCUT2D eigenvalue weighted by molar-refractivity contribution is -0.141. The van der Waals surface area contributed by atoms with Gasteiger partial charge in [0.15, 0.2) is 0 Å². The van der Waals surface area contributed by atoms with E-state index in [1.54, 1.807) is 47.8 Å². The number of hydrogen-bond acceptors (Lipinski definition) is 20. The van der Waals surface area contributed by atoms with Gasteiger partial charge in [-0.2, -0.15) is 11.8 Å². The summed E-state index contributed by atoms with van der Waals surface area (Å²) >= 11 is 1.27. The van der Waals surface area contributed by atoms with E-state index in [4.69, 9.17) is 22.9 Å². The number of aliphatic carboxylic acids is 1. The Hall–Kier alpha value is -7.27. The maximum absolute atomic E-state index is 14.0. The van der Waals surface area contributed by atoms with Crippen LogP contribution >= 0.6 is 11.8 Å². The molecular formula is C52H93N15O18S. The minimum absolute atomic E-state index is 0.00761. The van der Waals surface area contributed by atoms with E-state index in [-0.39, 0.29) is 49.8 Å². The first-order chi connectivity index (χ1) is 40.1. The quantitative estimate of drug-likeness (QED) is 0.0253. The molecule has 86 heavy (non-hydrogen) atoms. The van der Waals surface area contributed by atoms with Gasteiger partial charge in [0, 0.05) is 0 Å². The van der Waals surface area contributed by atoms with Crippen LogP contribution in [0.5, 0.6) is 0 Å². The molecule has 0 heterocycles. The number of carboxylic acid groups (broad SMARTS) is 1. The van der Waals surface area contributed by atoms with Gasteiger partial charge in [0.05, 0.1) is 44.2 Å². The summed E-state index contributed by atoms with van der Waals surface area (Å²) in [7, 11) is 0. The smallest absolute Gasteiger partial charge is 0.305 e. The maximum Gasteiger partial charge on any atom is 0.305 e. The number of nitrogens with one attached hydrogen (secondary N) is 11. The van der Waals surface area contributed by atoms with Gasteiger partial charge in [-0.15, -0.1) is 0 Å². The zero-order valence-electron chi connectivity index (χ0n) is 50.4. The van der Waals surface area contributed by atoms with Gasteiger partial charge >= 0.3 is 5.97 Å². The highest BCUT2D eigenvalue weighted by Gasteiger charge is 2.38. The van der Waals surface area contributed by atoms with Crippen LogP contribution < -0.4 is 81.4 Å². The standard InChI is InChI=1S/C52H93N15O18S/c1-11-25(6)39(50(83)67-41(28(9)70)52(85)64-34(22-68)48(81)62-32(19-35(54)71)46(79)59-29(42(56)75)14-12-13-16-53)65-45(78)30(15-17-86-10)60-51(84)40(27(8)69)66-43(76)26(7)58-36(72)21-57-44(77)31(18-23(2)3)61-47(80)33(20-37(73)74)63-49(82)38(55)24(4)5/h23-34,38-41,68-70H,11-22,53,55H2,1-10H3,(H2,54,71)(H2,56,75)(H,57,77)(H,58,72)(H,59,79)(H,60,84)(H,61,80)(H,62,81)(H,63,82)(H,64,85)(H,65,78)(H,66,76)(H,67,83)(H,73,74)/t25-,26-,27+,28+,29-,30-,31-,32-,33-,34-,38-,39-,40-,41-/m0/s1. The topological polar surface area (TPSA) is 556 Å². The van der Waals surface area contributed by atoms with Crippen molar-refractivity contribution in [3.8, 4) is 0 Å². The molecule has 23 N–H and O–H groups in total. The molecule has 0 aliphatic carbocycles. The summed E-state index contributed by atoms with van der Waals surface area (Å²) in [4.78, 5) is 183. The van der Waals surface area contributed by atoms with E-state index < -0.39 is 193 Å². The molecule has 13 amide bonds. The van der Waals surface area contributed by atoms with Gasteiger partial charge in [-0.05, 0) is 89.2 Å².